The maximum absolute atomic E-state index is 5.70. The van der Waals surface area contributed by atoms with Gasteiger partial charge in [-0.15, -0.1) is 0 Å². The molecule has 1 aliphatic carbocycles. The van der Waals surface area contributed by atoms with Gasteiger partial charge in [0.2, 0.25) is 0 Å². The van der Waals surface area contributed by atoms with Crippen molar-refractivity contribution in [3.63, 3.8) is 0 Å². The Bertz CT molecular complexity index is 469. The molecule has 1 aliphatic rings. The molecule has 2 radical (unpaired) electrons. The molecule has 0 saturated heterocycles. The van der Waals surface area contributed by atoms with Crippen LogP contribution >= 0.6 is 0 Å². The molecule has 21 heavy (non-hydrogen) atoms. The summed E-state index contributed by atoms with van der Waals surface area (Å²) >= 11 is 0.461. The fraction of sp³-hybridized carbons (Fsp3) is 0.444. The second kappa shape index (κ2) is 8.14. The molecule has 0 spiro atoms. The quantitative estimate of drug-likeness (QED) is 0.698. The summed E-state index contributed by atoms with van der Waals surface area (Å²) in [5.74, 6) is 0. The molecule has 2 nitrogen and oxygen atoms in total. The van der Waals surface area contributed by atoms with E-state index in [1.165, 1.54) is 5.56 Å². The average Bonchev–Trinajstić information content (AvgIpc) is 2.96. The first kappa shape index (κ1) is 16.8. The Morgan fingerprint density at radius 2 is 1.95 bits per heavy atom. The Kier molecular flexibility index (Phi) is 6.50. The number of likely N-dealkylation sites (N-methyl/N-ethyl adjacent to an activating group) is 1. The van der Waals surface area contributed by atoms with E-state index in [9.17, 15) is 0 Å². The molecule has 2 atom stereocenters. The Labute approximate surface area is 135 Å². The Balaban J connectivity index is 2.02. The van der Waals surface area contributed by atoms with Crippen LogP contribution in [0.4, 0.5) is 0 Å². The van der Waals surface area contributed by atoms with E-state index in [1.807, 2.05) is 7.11 Å². The molecule has 0 fully saturated rings. The van der Waals surface area contributed by atoms with E-state index in [4.69, 9.17) is 4.74 Å². The van der Waals surface area contributed by atoms with E-state index < -0.39 is 0 Å². The van der Waals surface area contributed by atoms with Crippen LogP contribution < -0.4 is 0 Å². The molecule has 1 aromatic rings. The molecular weight excluding hydrogens is 325 g/mol. The summed E-state index contributed by atoms with van der Waals surface area (Å²) in [5, 5.41) is 1.09. The van der Waals surface area contributed by atoms with Crippen molar-refractivity contribution < 1.29 is 4.74 Å². The SMILES string of the molecule is COC(C[Se]C1=C([C@H](C)N(C)C)C[CH][CH]1)c1ccccc1. The van der Waals surface area contributed by atoms with Crippen LogP contribution in [0.1, 0.15) is 25.0 Å². The van der Waals surface area contributed by atoms with Crippen LogP contribution in [0.5, 0.6) is 0 Å². The standard InChI is InChI=1S/C18H25NOSe/c1-14(19(2)3)16-11-8-12-18(16)21-13-17(20-4)15-9-6-5-7-10-15/h5-10,12,14,17H,11,13H2,1-4H3/t14-,17?/m0/s1. The fourth-order valence-corrected chi connectivity index (χ4v) is 5.17. The van der Waals surface area contributed by atoms with Gasteiger partial charge in [-0.2, -0.15) is 0 Å². The second-order valence-electron chi connectivity index (χ2n) is 5.58. The van der Waals surface area contributed by atoms with Gasteiger partial charge >= 0.3 is 135 Å². The first-order valence-corrected chi connectivity index (χ1v) is 9.46. The van der Waals surface area contributed by atoms with E-state index in [-0.39, 0.29) is 6.10 Å². The molecule has 114 valence electrons. The van der Waals surface area contributed by atoms with Gasteiger partial charge in [-0.25, -0.2) is 0 Å². The predicted molar refractivity (Wildman–Crippen MR) is 90.1 cm³/mol. The van der Waals surface area contributed by atoms with Gasteiger partial charge in [0.25, 0.3) is 0 Å². The first-order chi connectivity index (χ1) is 10.1. The second-order valence-corrected chi connectivity index (χ2v) is 7.81. The summed E-state index contributed by atoms with van der Waals surface area (Å²) in [5.41, 5.74) is 2.87. The third-order valence-corrected chi connectivity index (χ3v) is 6.52. The number of hydrogen-bond donors (Lipinski definition) is 0. The van der Waals surface area contributed by atoms with Gasteiger partial charge in [0.1, 0.15) is 0 Å². The third-order valence-electron chi connectivity index (χ3n) is 4.05. The number of benzene rings is 1. The molecule has 0 saturated carbocycles. The molecule has 0 aromatic heterocycles. The molecule has 1 unspecified atom stereocenters. The van der Waals surface area contributed by atoms with Crippen LogP contribution in [0.3, 0.4) is 0 Å². The van der Waals surface area contributed by atoms with Crippen LogP contribution in [-0.2, 0) is 4.74 Å². The van der Waals surface area contributed by atoms with Crippen molar-refractivity contribution in [1.82, 2.24) is 4.90 Å². The predicted octanol–water partition coefficient (Wildman–Crippen LogP) is 3.51. The summed E-state index contributed by atoms with van der Waals surface area (Å²) < 4.78 is 7.25. The zero-order valence-electron chi connectivity index (χ0n) is 13.4. The van der Waals surface area contributed by atoms with E-state index in [2.05, 4.69) is 69.1 Å². The number of nitrogens with zero attached hydrogens (tertiary/aromatic N) is 1. The zero-order valence-corrected chi connectivity index (χ0v) is 15.1. The number of allylic oxidation sites excluding steroid dienone is 1. The van der Waals surface area contributed by atoms with Crippen LogP contribution in [0, 0.1) is 12.8 Å². The number of hydrogen-bond acceptors (Lipinski definition) is 2. The number of ether oxygens (including phenoxy) is 1. The molecule has 2 rings (SSSR count). The molecule has 0 bridgehead atoms. The van der Waals surface area contributed by atoms with Gasteiger partial charge in [0.05, 0.1) is 0 Å². The summed E-state index contributed by atoms with van der Waals surface area (Å²) in [6, 6.07) is 11.1. The van der Waals surface area contributed by atoms with Gasteiger partial charge in [-0.3, -0.25) is 0 Å². The first-order valence-electron chi connectivity index (χ1n) is 7.40. The topological polar surface area (TPSA) is 12.5 Å². The van der Waals surface area contributed by atoms with Crippen molar-refractivity contribution in [2.75, 3.05) is 21.2 Å². The molecule has 3 heteroatoms. The van der Waals surface area contributed by atoms with Gasteiger partial charge in [-0.05, 0) is 0 Å². The monoisotopic (exact) mass is 351 g/mol. The van der Waals surface area contributed by atoms with Crippen molar-refractivity contribution in [3.05, 3.63) is 58.8 Å². The van der Waals surface area contributed by atoms with Gasteiger partial charge in [-0.1, -0.05) is 0 Å². The van der Waals surface area contributed by atoms with E-state index in [0.717, 1.165) is 11.7 Å². The minimum atomic E-state index is 0.212. The summed E-state index contributed by atoms with van der Waals surface area (Å²) in [6.45, 7) is 2.30. The van der Waals surface area contributed by atoms with Crippen molar-refractivity contribution in [1.29, 1.82) is 0 Å². The van der Waals surface area contributed by atoms with Crippen molar-refractivity contribution in [3.8, 4) is 0 Å². The number of methoxy groups -OCH3 is 1. The van der Waals surface area contributed by atoms with Crippen LogP contribution in [-0.4, -0.2) is 47.1 Å². The zero-order chi connectivity index (χ0) is 15.2. The van der Waals surface area contributed by atoms with Crippen LogP contribution in [0.15, 0.2) is 40.4 Å². The van der Waals surface area contributed by atoms with Crippen LogP contribution in [0.25, 0.3) is 0 Å². The van der Waals surface area contributed by atoms with E-state index in [1.54, 1.807) is 10.0 Å². The molecule has 0 amide bonds. The molecule has 1 aromatic carbocycles. The van der Waals surface area contributed by atoms with E-state index in [0.29, 0.717) is 21.0 Å². The Morgan fingerprint density at radius 1 is 1.24 bits per heavy atom. The number of rotatable bonds is 7. The fourth-order valence-electron chi connectivity index (χ4n) is 2.46. The summed E-state index contributed by atoms with van der Waals surface area (Å²) in [4.78, 5) is 2.30. The molecular formula is C18H25NOSe. The van der Waals surface area contributed by atoms with Crippen molar-refractivity contribution >= 4 is 15.0 Å². The minimum absolute atomic E-state index is 0.212. The molecule has 0 heterocycles. The average molecular weight is 350 g/mol. The van der Waals surface area contributed by atoms with Gasteiger partial charge < -0.3 is 0 Å². The van der Waals surface area contributed by atoms with Gasteiger partial charge in [0, 0.05) is 0 Å². The Morgan fingerprint density at radius 3 is 2.57 bits per heavy atom. The van der Waals surface area contributed by atoms with E-state index >= 15 is 0 Å². The van der Waals surface area contributed by atoms with Crippen LogP contribution in [0.2, 0.25) is 5.32 Å². The maximum atomic E-state index is 5.70. The molecule has 0 aliphatic heterocycles. The van der Waals surface area contributed by atoms with Crippen molar-refractivity contribution in [2.24, 2.45) is 0 Å². The summed E-state index contributed by atoms with van der Waals surface area (Å²) in [7, 11) is 6.13. The third kappa shape index (κ3) is 4.43. The summed E-state index contributed by atoms with van der Waals surface area (Å²) in [6.07, 6.45) is 5.95. The Hall–Kier alpha value is -0.601. The normalized spacial score (nSPS) is 18.3. The van der Waals surface area contributed by atoms with Gasteiger partial charge in [0.15, 0.2) is 0 Å². The molecule has 0 N–H and O–H groups in total. The van der Waals surface area contributed by atoms with Crippen molar-refractivity contribution in [2.45, 2.75) is 30.8 Å².